The molecule has 0 bridgehead atoms. The first-order valence-electron chi connectivity index (χ1n) is 11.2. The highest BCUT2D eigenvalue weighted by molar-refractivity contribution is 6.30. The van der Waals surface area contributed by atoms with Gasteiger partial charge in [-0.25, -0.2) is 0 Å². The minimum absolute atomic E-state index is 0.0804. The van der Waals surface area contributed by atoms with Crippen molar-refractivity contribution >= 4 is 46.3 Å². The normalized spacial score (nSPS) is 19.4. The van der Waals surface area contributed by atoms with Crippen LogP contribution in [0.25, 0.3) is 22.6 Å². The molecule has 1 unspecified atom stereocenters. The standard InChI is InChI=1S/C27H20N4O3/c1-31-26(32)22-20-16-8-7-15(34-13-14-5-3-2-4-6-14)11-19(16)30-24(20)25-21(23(22)27(31)33)17-12-28-10-9-18(17)29-25/h2-7,9-12,18,29-30H,8,13H2,1H3. The molecule has 0 radical (unpaired) electrons. The highest BCUT2D eigenvalue weighted by Gasteiger charge is 2.41. The van der Waals surface area contributed by atoms with Crippen molar-refractivity contribution in [3.8, 4) is 0 Å². The lowest BCUT2D eigenvalue weighted by Crippen LogP contribution is -2.26. The summed E-state index contributed by atoms with van der Waals surface area (Å²) in [7, 11) is 1.54. The zero-order valence-corrected chi connectivity index (χ0v) is 18.4. The number of hydrogen-bond acceptors (Lipinski definition) is 5. The Morgan fingerprint density at radius 1 is 1.15 bits per heavy atom. The number of aromatic amines is 1. The number of aliphatic imine (C=N–C) groups is 1. The first kappa shape index (κ1) is 19.1. The summed E-state index contributed by atoms with van der Waals surface area (Å²) in [5.41, 5.74) is 5.65. The van der Waals surface area contributed by atoms with Gasteiger partial charge in [0.15, 0.2) is 0 Å². The quantitative estimate of drug-likeness (QED) is 0.603. The predicted molar refractivity (Wildman–Crippen MR) is 130 cm³/mol. The molecule has 2 amide bonds. The molecule has 34 heavy (non-hydrogen) atoms. The van der Waals surface area contributed by atoms with Crippen LogP contribution in [0.4, 0.5) is 5.69 Å². The van der Waals surface area contributed by atoms with Gasteiger partial charge < -0.3 is 15.0 Å². The summed E-state index contributed by atoms with van der Waals surface area (Å²) in [4.78, 5) is 35.5. The van der Waals surface area contributed by atoms with Gasteiger partial charge in [-0.15, -0.1) is 0 Å². The van der Waals surface area contributed by atoms with Crippen molar-refractivity contribution in [3.05, 3.63) is 87.3 Å². The van der Waals surface area contributed by atoms with E-state index in [1.165, 1.54) is 4.90 Å². The summed E-state index contributed by atoms with van der Waals surface area (Å²) in [6.45, 7) is 0.481. The third-order valence-corrected chi connectivity index (χ3v) is 6.97. The molecule has 7 rings (SSSR count). The molecular formula is C27H20N4O3. The Morgan fingerprint density at radius 3 is 2.82 bits per heavy atom. The van der Waals surface area contributed by atoms with Gasteiger partial charge >= 0.3 is 0 Å². The smallest absolute Gasteiger partial charge is 0.262 e. The van der Waals surface area contributed by atoms with Crippen LogP contribution in [0.15, 0.2) is 59.4 Å². The van der Waals surface area contributed by atoms with E-state index >= 15 is 0 Å². The van der Waals surface area contributed by atoms with Crippen molar-refractivity contribution < 1.29 is 14.3 Å². The van der Waals surface area contributed by atoms with Crippen LogP contribution in [0.3, 0.4) is 0 Å². The Hall–Kier alpha value is -4.39. The molecule has 3 aromatic rings. The van der Waals surface area contributed by atoms with E-state index < -0.39 is 0 Å². The molecule has 166 valence electrons. The van der Waals surface area contributed by atoms with E-state index in [0.717, 1.165) is 49.6 Å². The number of benzene rings is 2. The molecule has 0 saturated carbocycles. The molecule has 2 aromatic carbocycles. The number of amides is 2. The Balaban J connectivity index is 1.43. The number of aromatic nitrogens is 1. The van der Waals surface area contributed by atoms with Gasteiger partial charge in [0.05, 0.1) is 28.4 Å². The first-order valence-corrected chi connectivity index (χ1v) is 11.2. The minimum Gasteiger partial charge on any atom is -0.489 e. The first-order chi connectivity index (χ1) is 16.6. The van der Waals surface area contributed by atoms with E-state index in [0.29, 0.717) is 24.2 Å². The number of rotatable bonds is 3. The van der Waals surface area contributed by atoms with E-state index in [1.54, 1.807) is 19.5 Å². The molecule has 7 nitrogen and oxygen atoms in total. The fraction of sp³-hybridized carbons (Fsp3) is 0.148. The van der Waals surface area contributed by atoms with Gasteiger partial charge in [-0.2, -0.15) is 0 Å². The zero-order chi connectivity index (χ0) is 23.0. The Labute approximate surface area is 194 Å². The molecule has 1 aromatic heterocycles. The monoisotopic (exact) mass is 448 g/mol. The topological polar surface area (TPSA) is 86.8 Å². The van der Waals surface area contributed by atoms with Gasteiger partial charge in [0, 0.05) is 47.1 Å². The number of fused-ring (bicyclic) bond motifs is 9. The number of allylic oxidation sites excluding steroid dienone is 2. The van der Waals surface area contributed by atoms with E-state index in [9.17, 15) is 9.59 Å². The number of hydrogen-bond donors (Lipinski definition) is 2. The largest absolute Gasteiger partial charge is 0.489 e. The molecule has 4 heterocycles. The Morgan fingerprint density at radius 2 is 1.97 bits per heavy atom. The lowest BCUT2D eigenvalue weighted by molar-refractivity contribution is 0.0693. The summed E-state index contributed by atoms with van der Waals surface area (Å²) in [5.74, 6) is 0.243. The number of H-pyrrole nitrogens is 1. The van der Waals surface area contributed by atoms with Gasteiger partial charge in [-0.1, -0.05) is 30.3 Å². The van der Waals surface area contributed by atoms with Gasteiger partial charge in [-0.05, 0) is 29.7 Å². The minimum atomic E-state index is -0.270. The third kappa shape index (κ3) is 2.49. The maximum absolute atomic E-state index is 13.3. The van der Waals surface area contributed by atoms with Crippen molar-refractivity contribution in [2.45, 2.75) is 19.1 Å². The van der Waals surface area contributed by atoms with Crippen molar-refractivity contribution in [1.29, 1.82) is 0 Å². The Bertz CT molecular complexity index is 1660. The molecule has 2 N–H and O–H groups in total. The highest BCUT2D eigenvalue weighted by Crippen LogP contribution is 2.36. The number of ether oxygens (including phenoxy) is 1. The van der Waals surface area contributed by atoms with Crippen molar-refractivity contribution in [3.63, 3.8) is 0 Å². The van der Waals surface area contributed by atoms with Gasteiger partial charge in [0.25, 0.3) is 11.8 Å². The van der Waals surface area contributed by atoms with Crippen molar-refractivity contribution in [1.82, 2.24) is 9.88 Å². The average Bonchev–Trinajstić information content (AvgIpc) is 3.50. The van der Waals surface area contributed by atoms with E-state index in [2.05, 4.69) is 15.3 Å². The Kier molecular flexibility index (Phi) is 3.83. The van der Waals surface area contributed by atoms with Gasteiger partial charge in [0.2, 0.25) is 0 Å². The molecule has 0 fully saturated rings. The van der Waals surface area contributed by atoms with Crippen LogP contribution in [-0.4, -0.2) is 41.0 Å². The molecule has 0 spiro atoms. The van der Waals surface area contributed by atoms with E-state index in [-0.39, 0.29) is 17.9 Å². The van der Waals surface area contributed by atoms with Crippen LogP contribution < -0.4 is 15.9 Å². The van der Waals surface area contributed by atoms with Crippen LogP contribution in [-0.2, 0) is 17.8 Å². The van der Waals surface area contributed by atoms with E-state index in [1.807, 2.05) is 48.6 Å². The molecule has 3 aliphatic heterocycles. The molecule has 4 aliphatic rings. The van der Waals surface area contributed by atoms with E-state index in [4.69, 9.17) is 4.74 Å². The molecule has 7 heteroatoms. The third-order valence-electron chi connectivity index (χ3n) is 6.97. The lowest BCUT2D eigenvalue weighted by atomic mass is 9.94. The maximum atomic E-state index is 13.3. The number of anilines is 1. The van der Waals surface area contributed by atoms with Crippen LogP contribution >= 0.6 is 0 Å². The predicted octanol–water partition coefficient (Wildman–Crippen LogP) is 2.37. The number of imide groups is 1. The summed E-state index contributed by atoms with van der Waals surface area (Å²) in [5, 5.41) is 6.02. The van der Waals surface area contributed by atoms with Gasteiger partial charge in [0.1, 0.15) is 12.4 Å². The van der Waals surface area contributed by atoms with Crippen LogP contribution in [0.2, 0.25) is 0 Å². The maximum Gasteiger partial charge on any atom is 0.262 e. The summed E-state index contributed by atoms with van der Waals surface area (Å²) in [6.07, 6.45) is 10.1. The van der Waals surface area contributed by atoms with Crippen molar-refractivity contribution in [2.75, 3.05) is 12.4 Å². The van der Waals surface area contributed by atoms with Crippen LogP contribution in [0.5, 0.6) is 0 Å². The molecule has 0 saturated heterocycles. The average molecular weight is 448 g/mol. The second-order valence-corrected chi connectivity index (χ2v) is 8.86. The summed E-state index contributed by atoms with van der Waals surface area (Å²) in [6, 6.07) is 9.95. The fourth-order valence-corrected chi connectivity index (χ4v) is 5.33. The summed E-state index contributed by atoms with van der Waals surface area (Å²) < 4.78 is 6.05. The zero-order valence-electron chi connectivity index (χ0n) is 18.4. The molecule has 1 atom stereocenters. The lowest BCUT2D eigenvalue weighted by Gasteiger charge is -2.11. The van der Waals surface area contributed by atoms with Crippen LogP contribution in [0, 0.1) is 0 Å². The fourth-order valence-electron chi connectivity index (χ4n) is 5.33. The number of nitrogens with zero attached hydrogens (tertiary/aromatic N) is 2. The number of carbonyl (C=O) groups excluding carboxylic acids is 2. The molecule has 1 aliphatic carbocycles. The van der Waals surface area contributed by atoms with Crippen LogP contribution in [0.1, 0.15) is 31.8 Å². The molecular weight excluding hydrogens is 428 g/mol. The number of carbonyl (C=O) groups is 2. The SMILES string of the molecule is CN1C(=O)c2c(c3c4c([nH]c3c3c2=C2C=NC=CC2N3)=CC(OCc2ccccc2)=CC4)C1=O. The van der Waals surface area contributed by atoms with Crippen molar-refractivity contribution in [2.24, 2.45) is 4.99 Å². The highest BCUT2D eigenvalue weighted by atomic mass is 16.5. The second kappa shape index (κ2) is 6.81. The summed E-state index contributed by atoms with van der Waals surface area (Å²) >= 11 is 0. The van der Waals surface area contributed by atoms with Gasteiger partial charge in [-0.3, -0.25) is 19.5 Å². The number of nitrogens with one attached hydrogen (secondary N) is 2. The second-order valence-electron chi connectivity index (χ2n) is 8.86.